The zero-order chi connectivity index (χ0) is 17.8. The molecular formula is C20H18N4OS. The molecule has 4 rings (SSSR count). The van der Waals surface area contributed by atoms with Crippen molar-refractivity contribution in [3.05, 3.63) is 84.1 Å². The van der Waals surface area contributed by atoms with Crippen molar-refractivity contribution in [2.75, 3.05) is 0 Å². The first-order chi connectivity index (χ1) is 12.8. The van der Waals surface area contributed by atoms with Gasteiger partial charge in [-0.2, -0.15) is 0 Å². The van der Waals surface area contributed by atoms with E-state index in [4.69, 9.17) is 4.42 Å². The van der Waals surface area contributed by atoms with Crippen molar-refractivity contribution in [3.8, 4) is 11.4 Å². The van der Waals surface area contributed by atoms with Crippen LogP contribution in [-0.4, -0.2) is 19.7 Å². The van der Waals surface area contributed by atoms with Gasteiger partial charge in [0.1, 0.15) is 5.76 Å². The minimum absolute atomic E-state index is 0.596. The maximum Gasteiger partial charge on any atom is 0.192 e. The summed E-state index contributed by atoms with van der Waals surface area (Å²) >= 11 is 1.65. The quantitative estimate of drug-likeness (QED) is 0.470. The summed E-state index contributed by atoms with van der Waals surface area (Å²) in [6.07, 6.45) is 5.35. The van der Waals surface area contributed by atoms with Gasteiger partial charge in [0.05, 0.1) is 12.8 Å². The Morgan fingerprint density at radius 1 is 1.04 bits per heavy atom. The largest absolute Gasteiger partial charge is 0.467 e. The molecule has 0 fully saturated rings. The number of furan rings is 1. The van der Waals surface area contributed by atoms with Crippen LogP contribution < -0.4 is 0 Å². The third-order valence-electron chi connectivity index (χ3n) is 4.09. The zero-order valence-corrected chi connectivity index (χ0v) is 15.2. The molecule has 130 valence electrons. The van der Waals surface area contributed by atoms with E-state index in [1.54, 1.807) is 24.2 Å². The number of aryl methyl sites for hydroxylation is 1. The third kappa shape index (κ3) is 3.55. The first-order valence-electron chi connectivity index (χ1n) is 8.34. The van der Waals surface area contributed by atoms with Crippen molar-refractivity contribution in [2.45, 2.75) is 24.4 Å². The number of aromatic nitrogens is 4. The molecule has 5 nitrogen and oxygen atoms in total. The molecule has 0 radical (unpaired) electrons. The van der Waals surface area contributed by atoms with E-state index in [2.05, 4.69) is 44.9 Å². The molecule has 0 aliphatic rings. The monoisotopic (exact) mass is 362 g/mol. The molecule has 1 aromatic carbocycles. The Bertz CT molecular complexity index is 980. The minimum atomic E-state index is 0.596. The molecule has 0 spiro atoms. The first-order valence-corrected chi connectivity index (χ1v) is 9.33. The van der Waals surface area contributed by atoms with Crippen LogP contribution in [0.2, 0.25) is 0 Å². The number of hydrogen-bond donors (Lipinski definition) is 0. The topological polar surface area (TPSA) is 56.7 Å². The smallest absolute Gasteiger partial charge is 0.192 e. The molecule has 3 heterocycles. The Labute approximate surface area is 156 Å². The fourth-order valence-corrected chi connectivity index (χ4v) is 3.62. The van der Waals surface area contributed by atoms with Crippen LogP contribution in [0.3, 0.4) is 0 Å². The van der Waals surface area contributed by atoms with Gasteiger partial charge in [-0.3, -0.25) is 9.55 Å². The van der Waals surface area contributed by atoms with E-state index < -0.39 is 0 Å². The second-order valence-corrected chi connectivity index (χ2v) is 6.88. The van der Waals surface area contributed by atoms with E-state index in [9.17, 15) is 0 Å². The summed E-state index contributed by atoms with van der Waals surface area (Å²) in [5.41, 5.74) is 3.41. The average molecular weight is 362 g/mol. The number of rotatable bonds is 6. The fraction of sp³-hybridized carbons (Fsp3) is 0.150. The Kier molecular flexibility index (Phi) is 4.84. The van der Waals surface area contributed by atoms with Gasteiger partial charge in [-0.1, -0.05) is 42.1 Å². The van der Waals surface area contributed by atoms with Crippen LogP contribution in [-0.2, 0) is 12.3 Å². The van der Waals surface area contributed by atoms with Crippen molar-refractivity contribution in [2.24, 2.45) is 0 Å². The Balaban J connectivity index is 1.68. The number of benzene rings is 1. The summed E-state index contributed by atoms with van der Waals surface area (Å²) in [5, 5.41) is 9.78. The van der Waals surface area contributed by atoms with Crippen molar-refractivity contribution in [1.29, 1.82) is 0 Å². The normalized spacial score (nSPS) is 11.0. The van der Waals surface area contributed by atoms with E-state index >= 15 is 0 Å². The molecule has 0 aliphatic heterocycles. The number of nitrogens with zero attached hydrogens (tertiary/aromatic N) is 4. The maximum atomic E-state index is 5.55. The molecule has 3 aromatic heterocycles. The van der Waals surface area contributed by atoms with Gasteiger partial charge in [-0.15, -0.1) is 10.2 Å². The predicted molar refractivity (Wildman–Crippen MR) is 102 cm³/mol. The second kappa shape index (κ2) is 7.58. The molecule has 0 atom stereocenters. The summed E-state index contributed by atoms with van der Waals surface area (Å²) in [6.45, 7) is 2.68. The van der Waals surface area contributed by atoms with Crippen LogP contribution >= 0.6 is 11.8 Å². The SMILES string of the molecule is Cc1ccccc1-c1nnc(SCc2cccnc2)n1Cc1ccco1. The second-order valence-electron chi connectivity index (χ2n) is 5.94. The molecule has 0 saturated heterocycles. The highest BCUT2D eigenvalue weighted by Crippen LogP contribution is 2.28. The summed E-state index contributed by atoms with van der Waals surface area (Å²) < 4.78 is 7.66. The van der Waals surface area contributed by atoms with E-state index in [-0.39, 0.29) is 0 Å². The number of pyridine rings is 1. The van der Waals surface area contributed by atoms with Crippen molar-refractivity contribution < 1.29 is 4.42 Å². The molecule has 26 heavy (non-hydrogen) atoms. The molecule has 0 bridgehead atoms. The Morgan fingerprint density at radius 2 is 1.96 bits per heavy atom. The average Bonchev–Trinajstić information content (AvgIpc) is 3.32. The van der Waals surface area contributed by atoms with Gasteiger partial charge >= 0.3 is 0 Å². The lowest BCUT2D eigenvalue weighted by atomic mass is 10.1. The Hall–Kier alpha value is -2.86. The zero-order valence-electron chi connectivity index (χ0n) is 14.4. The molecular weight excluding hydrogens is 344 g/mol. The lowest BCUT2D eigenvalue weighted by Gasteiger charge is -2.10. The molecule has 0 N–H and O–H groups in total. The highest BCUT2D eigenvalue weighted by molar-refractivity contribution is 7.98. The standard InChI is InChI=1S/C20H18N4OS/c1-15-6-2-3-9-18(15)19-22-23-20(24(19)13-17-8-5-11-25-17)26-14-16-7-4-10-21-12-16/h2-12H,13-14H2,1H3. The minimum Gasteiger partial charge on any atom is -0.467 e. The highest BCUT2D eigenvalue weighted by atomic mass is 32.2. The van der Waals surface area contributed by atoms with Gasteiger partial charge < -0.3 is 4.42 Å². The van der Waals surface area contributed by atoms with Gasteiger partial charge in [0.15, 0.2) is 11.0 Å². The van der Waals surface area contributed by atoms with Gasteiger partial charge in [-0.05, 0) is 36.2 Å². The molecule has 0 aliphatic carbocycles. The van der Waals surface area contributed by atoms with Gasteiger partial charge in [0.25, 0.3) is 0 Å². The van der Waals surface area contributed by atoms with E-state index in [0.29, 0.717) is 6.54 Å². The summed E-state index contributed by atoms with van der Waals surface area (Å²) in [4.78, 5) is 4.17. The highest BCUT2D eigenvalue weighted by Gasteiger charge is 2.17. The van der Waals surface area contributed by atoms with Gasteiger partial charge in [0.2, 0.25) is 0 Å². The van der Waals surface area contributed by atoms with Crippen LogP contribution in [0.15, 0.2) is 76.8 Å². The summed E-state index contributed by atoms with van der Waals surface area (Å²) in [7, 11) is 0. The molecule has 0 amide bonds. The van der Waals surface area contributed by atoms with Gasteiger partial charge in [0, 0.05) is 23.7 Å². The Morgan fingerprint density at radius 3 is 2.73 bits per heavy atom. The summed E-state index contributed by atoms with van der Waals surface area (Å²) in [5.74, 6) is 2.52. The lowest BCUT2D eigenvalue weighted by molar-refractivity contribution is 0.485. The van der Waals surface area contributed by atoms with E-state index in [1.807, 2.05) is 36.5 Å². The first kappa shape index (κ1) is 16.6. The predicted octanol–water partition coefficient (Wildman–Crippen LogP) is 4.58. The molecule has 0 saturated carbocycles. The maximum absolute atomic E-state index is 5.55. The third-order valence-corrected chi connectivity index (χ3v) is 5.13. The van der Waals surface area contributed by atoms with Gasteiger partial charge in [-0.25, -0.2) is 0 Å². The van der Waals surface area contributed by atoms with Crippen molar-refractivity contribution >= 4 is 11.8 Å². The van der Waals surface area contributed by atoms with Crippen LogP contribution in [0, 0.1) is 6.92 Å². The van der Waals surface area contributed by atoms with Crippen LogP contribution in [0.5, 0.6) is 0 Å². The van der Waals surface area contributed by atoms with Crippen molar-refractivity contribution in [1.82, 2.24) is 19.7 Å². The number of hydrogen-bond acceptors (Lipinski definition) is 5. The summed E-state index contributed by atoms with van der Waals surface area (Å²) in [6, 6.07) is 16.1. The van der Waals surface area contributed by atoms with Crippen LogP contribution in [0.4, 0.5) is 0 Å². The fourth-order valence-electron chi connectivity index (χ4n) is 2.75. The van der Waals surface area contributed by atoms with Crippen LogP contribution in [0.25, 0.3) is 11.4 Å². The van der Waals surface area contributed by atoms with E-state index in [0.717, 1.165) is 33.6 Å². The molecule has 0 unspecified atom stereocenters. The van der Waals surface area contributed by atoms with Crippen molar-refractivity contribution in [3.63, 3.8) is 0 Å². The number of thioether (sulfide) groups is 1. The lowest BCUT2D eigenvalue weighted by Crippen LogP contribution is -2.04. The van der Waals surface area contributed by atoms with E-state index in [1.165, 1.54) is 5.56 Å². The molecule has 6 heteroatoms. The van der Waals surface area contributed by atoms with Crippen LogP contribution in [0.1, 0.15) is 16.9 Å². The molecule has 4 aromatic rings.